The maximum atomic E-state index is 3.88. The van der Waals surface area contributed by atoms with E-state index in [9.17, 15) is 0 Å². The SMILES string of the molecule is Cc1cc(C)c(C(C)NC2CCCCCC2)c(C)c1. The van der Waals surface area contributed by atoms with Gasteiger partial charge in [-0.25, -0.2) is 0 Å². The van der Waals surface area contributed by atoms with Gasteiger partial charge in [0.15, 0.2) is 0 Å². The molecule has 1 nitrogen and oxygen atoms in total. The standard InChI is InChI=1S/C18H29N/c1-13-11-14(2)18(15(3)12-13)16(4)19-17-9-7-5-6-8-10-17/h11-12,16-17,19H,5-10H2,1-4H3. The molecule has 0 radical (unpaired) electrons. The van der Waals surface area contributed by atoms with E-state index < -0.39 is 0 Å². The predicted octanol–water partition coefficient (Wildman–Crippen LogP) is 4.99. The van der Waals surface area contributed by atoms with Gasteiger partial charge < -0.3 is 5.32 Å². The monoisotopic (exact) mass is 259 g/mol. The highest BCUT2D eigenvalue weighted by Crippen LogP contribution is 2.26. The van der Waals surface area contributed by atoms with Crippen LogP contribution in [-0.4, -0.2) is 6.04 Å². The van der Waals surface area contributed by atoms with Gasteiger partial charge in [-0.05, 0) is 57.2 Å². The second kappa shape index (κ2) is 6.56. The summed E-state index contributed by atoms with van der Waals surface area (Å²) in [5.74, 6) is 0. The molecule has 19 heavy (non-hydrogen) atoms. The Bertz CT molecular complexity index is 391. The molecule has 1 unspecified atom stereocenters. The van der Waals surface area contributed by atoms with Crippen LogP contribution >= 0.6 is 0 Å². The number of hydrogen-bond acceptors (Lipinski definition) is 1. The molecule has 1 aromatic rings. The minimum absolute atomic E-state index is 0.476. The van der Waals surface area contributed by atoms with Crippen LogP contribution in [0.2, 0.25) is 0 Å². The van der Waals surface area contributed by atoms with Gasteiger partial charge in [-0.1, -0.05) is 43.4 Å². The van der Waals surface area contributed by atoms with Gasteiger partial charge >= 0.3 is 0 Å². The van der Waals surface area contributed by atoms with Gasteiger partial charge in [0.05, 0.1) is 0 Å². The predicted molar refractivity (Wildman–Crippen MR) is 83.7 cm³/mol. The lowest BCUT2D eigenvalue weighted by Gasteiger charge is -2.25. The number of hydrogen-bond donors (Lipinski definition) is 1. The Labute approximate surface area is 118 Å². The van der Waals surface area contributed by atoms with Crippen molar-refractivity contribution in [1.82, 2.24) is 5.32 Å². The lowest BCUT2D eigenvalue weighted by atomic mass is 9.94. The summed E-state index contributed by atoms with van der Waals surface area (Å²) in [5, 5.41) is 3.88. The number of aryl methyl sites for hydroxylation is 3. The summed E-state index contributed by atoms with van der Waals surface area (Å²) < 4.78 is 0. The van der Waals surface area contributed by atoms with E-state index in [1.54, 1.807) is 0 Å². The van der Waals surface area contributed by atoms with E-state index in [0.29, 0.717) is 6.04 Å². The topological polar surface area (TPSA) is 12.0 Å². The highest BCUT2D eigenvalue weighted by molar-refractivity contribution is 5.39. The van der Waals surface area contributed by atoms with Crippen LogP contribution < -0.4 is 5.32 Å². The molecule has 0 saturated heterocycles. The van der Waals surface area contributed by atoms with Crippen LogP contribution in [0.5, 0.6) is 0 Å². The van der Waals surface area contributed by atoms with Crippen molar-refractivity contribution >= 4 is 0 Å². The summed E-state index contributed by atoms with van der Waals surface area (Å²) in [6, 6.07) is 5.82. The van der Waals surface area contributed by atoms with Crippen molar-refractivity contribution in [3.63, 3.8) is 0 Å². The van der Waals surface area contributed by atoms with E-state index in [1.165, 1.54) is 60.8 Å². The molecule has 1 heteroatoms. The summed E-state index contributed by atoms with van der Waals surface area (Å²) in [6.45, 7) is 9.02. The largest absolute Gasteiger partial charge is 0.307 e. The van der Waals surface area contributed by atoms with Crippen molar-refractivity contribution in [2.24, 2.45) is 0 Å². The first-order chi connectivity index (χ1) is 9.08. The summed E-state index contributed by atoms with van der Waals surface area (Å²) >= 11 is 0. The van der Waals surface area contributed by atoms with Crippen LogP contribution in [-0.2, 0) is 0 Å². The van der Waals surface area contributed by atoms with Crippen LogP contribution in [0.15, 0.2) is 12.1 Å². The van der Waals surface area contributed by atoms with Gasteiger partial charge in [-0.3, -0.25) is 0 Å². The Morgan fingerprint density at radius 2 is 1.47 bits per heavy atom. The lowest BCUT2D eigenvalue weighted by Crippen LogP contribution is -2.31. The summed E-state index contributed by atoms with van der Waals surface area (Å²) in [5.41, 5.74) is 5.76. The third kappa shape index (κ3) is 3.82. The fourth-order valence-electron chi connectivity index (χ4n) is 3.76. The smallest absolute Gasteiger partial charge is 0.0299 e. The molecule has 0 aliphatic heterocycles. The number of nitrogens with one attached hydrogen (secondary N) is 1. The van der Waals surface area contributed by atoms with Gasteiger partial charge in [0.25, 0.3) is 0 Å². The first kappa shape index (κ1) is 14.6. The average molecular weight is 259 g/mol. The molecular weight excluding hydrogens is 230 g/mol. The zero-order valence-electron chi connectivity index (χ0n) is 13.1. The third-order valence-electron chi connectivity index (χ3n) is 4.51. The molecule has 1 aromatic carbocycles. The molecule has 1 atom stereocenters. The number of benzene rings is 1. The molecule has 1 fully saturated rings. The van der Waals surface area contributed by atoms with E-state index in [-0.39, 0.29) is 0 Å². The minimum atomic E-state index is 0.476. The first-order valence-electron chi connectivity index (χ1n) is 7.91. The normalized spacial score (nSPS) is 19.2. The van der Waals surface area contributed by atoms with Gasteiger partial charge in [0.1, 0.15) is 0 Å². The average Bonchev–Trinajstić information content (AvgIpc) is 2.56. The zero-order valence-corrected chi connectivity index (χ0v) is 13.1. The second-order valence-corrected chi connectivity index (χ2v) is 6.39. The molecule has 0 spiro atoms. The van der Waals surface area contributed by atoms with Crippen molar-refractivity contribution in [2.75, 3.05) is 0 Å². The quantitative estimate of drug-likeness (QED) is 0.754. The van der Waals surface area contributed by atoms with E-state index in [2.05, 4.69) is 45.1 Å². The zero-order chi connectivity index (χ0) is 13.8. The molecule has 2 rings (SSSR count). The summed E-state index contributed by atoms with van der Waals surface area (Å²) in [6.07, 6.45) is 8.36. The molecule has 1 aliphatic rings. The van der Waals surface area contributed by atoms with Crippen LogP contribution in [0.1, 0.15) is 73.7 Å². The van der Waals surface area contributed by atoms with Gasteiger partial charge in [0, 0.05) is 12.1 Å². The van der Waals surface area contributed by atoms with E-state index in [4.69, 9.17) is 0 Å². The maximum Gasteiger partial charge on any atom is 0.0299 e. The molecule has 1 aliphatic carbocycles. The van der Waals surface area contributed by atoms with Crippen LogP contribution in [0.25, 0.3) is 0 Å². The van der Waals surface area contributed by atoms with Crippen LogP contribution in [0, 0.1) is 20.8 Å². The van der Waals surface area contributed by atoms with Gasteiger partial charge in [-0.15, -0.1) is 0 Å². The van der Waals surface area contributed by atoms with Crippen molar-refractivity contribution in [3.05, 3.63) is 34.4 Å². The maximum absolute atomic E-state index is 3.88. The molecule has 1 saturated carbocycles. The lowest BCUT2D eigenvalue weighted by molar-refractivity contribution is 0.412. The van der Waals surface area contributed by atoms with Gasteiger partial charge in [0.2, 0.25) is 0 Å². The highest BCUT2D eigenvalue weighted by atomic mass is 14.9. The number of rotatable bonds is 3. The molecule has 1 N–H and O–H groups in total. The highest BCUT2D eigenvalue weighted by Gasteiger charge is 2.17. The molecule has 0 amide bonds. The molecular formula is C18H29N. The molecule has 0 heterocycles. The van der Waals surface area contributed by atoms with E-state index in [1.807, 2.05) is 0 Å². The Hall–Kier alpha value is -0.820. The molecule has 0 aromatic heterocycles. The van der Waals surface area contributed by atoms with Gasteiger partial charge in [-0.2, -0.15) is 0 Å². The van der Waals surface area contributed by atoms with E-state index >= 15 is 0 Å². The Kier molecular flexibility index (Phi) is 5.04. The summed E-state index contributed by atoms with van der Waals surface area (Å²) in [7, 11) is 0. The van der Waals surface area contributed by atoms with E-state index in [0.717, 1.165) is 6.04 Å². The fourth-order valence-corrected chi connectivity index (χ4v) is 3.76. The fraction of sp³-hybridized carbons (Fsp3) is 0.667. The van der Waals surface area contributed by atoms with Crippen LogP contribution in [0.3, 0.4) is 0 Å². The van der Waals surface area contributed by atoms with Crippen molar-refractivity contribution in [3.8, 4) is 0 Å². The Morgan fingerprint density at radius 1 is 0.947 bits per heavy atom. The second-order valence-electron chi connectivity index (χ2n) is 6.39. The summed E-state index contributed by atoms with van der Waals surface area (Å²) in [4.78, 5) is 0. The third-order valence-corrected chi connectivity index (χ3v) is 4.51. The van der Waals surface area contributed by atoms with Crippen LogP contribution in [0.4, 0.5) is 0 Å². The van der Waals surface area contributed by atoms with Crippen molar-refractivity contribution in [1.29, 1.82) is 0 Å². The van der Waals surface area contributed by atoms with Crippen molar-refractivity contribution < 1.29 is 0 Å². The first-order valence-corrected chi connectivity index (χ1v) is 7.91. The Balaban J connectivity index is 2.08. The minimum Gasteiger partial charge on any atom is -0.307 e. The van der Waals surface area contributed by atoms with Crippen molar-refractivity contribution in [2.45, 2.75) is 78.3 Å². The molecule has 106 valence electrons. The molecule has 0 bridgehead atoms. The Morgan fingerprint density at radius 3 is 2.00 bits per heavy atom.